The molecule has 1 aromatic carbocycles. The van der Waals surface area contributed by atoms with Crippen LogP contribution in [-0.4, -0.2) is 23.3 Å². The van der Waals surface area contributed by atoms with E-state index in [4.69, 9.17) is 11.6 Å². The molecular weight excluding hydrogens is 287 g/mol. The second-order valence-electron chi connectivity index (χ2n) is 3.62. The average Bonchev–Trinajstić information content (AvgIpc) is 2.42. The number of nitrogens with zero attached hydrogens (tertiary/aromatic N) is 2. The third-order valence-electron chi connectivity index (χ3n) is 2.34. The van der Waals surface area contributed by atoms with Gasteiger partial charge in [-0.25, -0.2) is 14.4 Å². The lowest BCUT2D eigenvalue weighted by atomic mass is 10.3. The van der Waals surface area contributed by atoms with E-state index >= 15 is 0 Å². The van der Waals surface area contributed by atoms with Crippen molar-refractivity contribution >= 4 is 40.7 Å². The van der Waals surface area contributed by atoms with Gasteiger partial charge in [-0.15, -0.1) is 0 Å². The van der Waals surface area contributed by atoms with Gasteiger partial charge in [-0.05, 0) is 24.5 Å². The Morgan fingerprint density at radius 1 is 1.21 bits per heavy atom. The molecule has 0 bridgehead atoms. The lowest BCUT2D eigenvalue weighted by Gasteiger charge is -2.10. The number of nitrogens with one attached hydrogen (secondary N) is 2. The Balaban J connectivity index is 2.34. The SMILES string of the molecule is CNc1cc(Nc2cc(F)ccc2Cl)nc(SC)n1. The smallest absolute Gasteiger partial charge is 0.191 e. The van der Waals surface area contributed by atoms with Crippen molar-refractivity contribution in [2.75, 3.05) is 23.9 Å². The van der Waals surface area contributed by atoms with Gasteiger partial charge in [0, 0.05) is 13.1 Å². The molecule has 0 aliphatic carbocycles. The van der Waals surface area contributed by atoms with Crippen molar-refractivity contribution in [1.29, 1.82) is 0 Å². The van der Waals surface area contributed by atoms with Crippen LogP contribution in [0.4, 0.5) is 21.7 Å². The van der Waals surface area contributed by atoms with Gasteiger partial charge in [-0.2, -0.15) is 0 Å². The Morgan fingerprint density at radius 3 is 2.63 bits per heavy atom. The zero-order chi connectivity index (χ0) is 13.8. The minimum atomic E-state index is -0.361. The maximum Gasteiger partial charge on any atom is 0.191 e. The molecule has 0 amide bonds. The molecule has 0 fully saturated rings. The van der Waals surface area contributed by atoms with Crippen LogP contribution in [0, 0.1) is 5.82 Å². The van der Waals surface area contributed by atoms with E-state index in [1.54, 1.807) is 13.1 Å². The lowest BCUT2D eigenvalue weighted by molar-refractivity contribution is 0.628. The van der Waals surface area contributed by atoms with Crippen molar-refractivity contribution in [2.24, 2.45) is 0 Å². The van der Waals surface area contributed by atoms with Gasteiger partial charge in [0.05, 0.1) is 10.7 Å². The van der Waals surface area contributed by atoms with Crippen molar-refractivity contribution in [3.05, 3.63) is 35.1 Å². The van der Waals surface area contributed by atoms with Crippen LogP contribution in [0.2, 0.25) is 5.02 Å². The summed E-state index contributed by atoms with van der Waals surface area (Å²) in [6.45, 7) is 0. The largest absolute Gasteiger partial charge is 0.373 e. The molecule has 0 atom stereocenters. The highest BCUT2D eigenvalue weighted by Crippen LogP contribution is 2.27. The van der Waals surface area contributed by atoms with Gasteiger partial charge in [0.1, 0.15) is 17.5 Å². The van der Waals surface area contributed by atoms with E-state index in [0.29, 0.717) is 27.5 Å². The molecule has 19 heavy (non-hydrogen) atoms. The highest BCUT2D eigenvalue weighted by molar-refractivity contribution is 7.98. The van der Waals surface area contributed by atoms with Gasteiger partial charge in [0.15, 0.2) is 5.16 Å². The van der Waals surface area contributed by atoms with E-state index < -0.39 is 0 Å². The van der Waals surface area contributed by atoms with Gasteiger partial charge in [0.25, 0.3) is 0 Å². The molecule has 0 aliphatic rings. The fourth-order valence-electron chi connectivity index (χ4n) is 1.44. The highest BCUT2D eigenvalue weighted by Gasteiger charge is 2.06. The van der Waals surface area contributed by atoms with Crippen molar-refractivity contribution < 1.29 is 4.39 Å². The van der Waals surface area contributed by atoms with Crippen LogP contribution in [0.15, 0.2) is 29.4 Å². The topological polar surface area (TPSA) is 49.8 Å². The highest BCUT2D eigenvalue weighted by atomic mass is 35.5. The number of benzene rings is 1. The number of thioether (sulfide) groups is 1. The summed E-state index contributed by atoms with van der Waals surface area (Å²) in [6.07, 6.45) is 1.88. The van der Waals surface area contributed by atoms with Gasteiger partial charge in [-0.3, -0.25) is 0 Å². The molecule has 0 spiro atoms. The van der Waals surface area contributed by atoms with Crippen LogP contribution in [0.25, 0.3) is 0 Å². The normalized spacial score (nSPS) is 10.3. The molecule has 0 aliphatic heterocycles. The van der Waals surface area contributed by atoms with Crippen LogP contribution in [0.1, 0.15) is 0 Å². The molecule has 0 unspecified atom stereocenters. The molecular formula is C12H12ClFN4S. The molecule has 2 N–H and O–H groups in total. The van der Waals surface area contributed by atoms with Crippen molar-refractivity contribution in [2.45, 2.75) is 5.16 Å². The first-order valence-electron chi connectivity index (χ1n) is 5.45. The van der Waals surface area contributed by atoms with Crippen molar-refractivity contribution in [1.82, 2.24) is 9.97 Å². The first kappa shape index (κ1) is 13.9. The minimum Gasteiger partial charge on any atom is -0.373 e. The number of hydrogen-bond acceptors (Lipinski definition) is 5. The maximum absolute atomic E-state index is 13.2. The zero-order valence-corrected chi connectivity index (χ0v) is 11.9. The summed E-state index contributed by atoms with van der Waals surface area (Å²) in [6, 6.07) is 5.85. The number of anilines is 3. The monoisotopic (exact) mass is 298 g/mol. The van der Waals surface area contributed by atoms with E-state index in [1.807, 2.05) is 6.26 Å². The van der Waals surface area contributed by atoms with E-state index in [0.717, 1.165) is 0 Å². The summed E-state index contributed by atoms with van der Waals surface area (Å²) < 4.78 is 13.2. The van der Waals surface area contributed by atoms with Gasteiger partial charge >= 0.3 is 0 Å². The molecule has 0 saturated heterocycles. The fraction of sp³-hybridized carbons (Fsp3) is 0.167. The Kier molecular flexibility index (Phi) is 4.44. The van der Waals surface area contributed by atoms with E-state index in [1.165, 1.54) is 30.0 Å². The third kappa shape index (κ3) is 3.48. The Morgan fingerprint density at radius 2 is 1.95 bits per heavy atom. The lowest BCUT2D eigenvalue weighted by Crippen LogP contribution is -2.01. The standard InChI is InChI=1S/C12H12ClFN4S/c1-15-10-6-11(18-12(17-10)19-2)16-9-5-7(14)3-4-8(9)13/h3-6H,1-2H3,(H2,15,16,17,18). The molecule has 2 rings (SSSR count). The summed E-state index contributed by atoms with van der Waals surface area (Å²) >= 11 is 7.42. The minimum absolute atomic E-state index is 0.361. The van der Waals surface area contributed by atoms with E-state index in [9.17, 15) is 4.39 Å². The van der Waals surface area contributed by atoms with Gasteiger partial charge in [-0.1, -0.05) is 23.4 Å². The Hall–Kier alpha value is -1.53. The predicted molar refractivity (Wildman–Crippen MR) is 78.1 cm³/mol. The zero-order valence-electron chi connectivity index (χ0n) is 10.4. The molecule has 2 aromatic rings. The molecule has 1 heterocycles. The molecule has 0 radical (unpaired) electrons. The first-order chi connectivity index (χ1) is 9.12. The van der Waals surface area contributed by atoms with E-state index in [2.05, 4.69) is 20.6 Å². The molecule has 1 aromatic heterocycles. The number of rotatable bonds is 4. The fourth-order valence-corrected chi connectivity index (χ4v) is 1.98. The van der Waals surface area contributed by atoms with Gasteiger partial charge in [0.2, 0.25) is 0 Å². The summed E-state index contributed by atoms with van der Waals surface area (Å²) in [7, 11) is 1.77. The van der Waals surface area contributed by atoms with Crippen LogP contribution in [0.5, 0.6) is 0 Å². The second-order valence-corrected chi connectivity index (χ2v) is 4.80. The number of hydrogen-bond donors (Lipinski definition) is 2. The Bertz CT molecular complexity index is 572. The summed E-state index contributed by atoms with van der Waals surface area (Å²) in [5, 5.41) is 6.97. The quantitative estimate of drug-likeness (QED) is 0.664. The van der Waals surface area contributed by atoms with Crippen LogP contribution >= 0.6 is 23.4 Å². The Labute approximate surface area is 119 Å². The molecule has 4 nitrogen and oxygen atoms in total. The third-order valence-corrected chi connectivity index (χ3v) is 3.21. The van der Waals surface area contributed by atoms with Crippen LogP contribution < -0.4 is 10.6 Å². The van der Waals surface area contributed by atoms with Gasteiger partial charge < -0.3 is 10.6 Å². The molecule has 7 heteroatoms. The van der Waals surface area contributed by atoms with Crippen molar-refractivity contribution in [3.63, 3.8) is 0 Å². The number of halogens is 2. The average molecular weight is 299 g/mol. The van der Waals surface area contributed by atoms with E-state index in [-0.39, 0.29) is 5.82 Å². The second kappa shape index (κ2) is 6.08. The number of aromatic nitrogens is 2. The molecule has 100 valence electrons. The molecule has 0 saturated carbocycles. The van der Waals surface area contributed by atoms with Crippen LogP contribution in [0.3, 0.4) is 0 Å². The summed E-state index contributed by atoms with van der Waals surface area (Å²) in [5.41, 5.74) is 0.467. The van der Waals surface area contributed by atoms with Crippen LogP contribution in [-0.2, 0) is 0 Å². The maximum atomic E-state index is 13.2. The first-order valence-corrected chi connectivity index (χ1v) is 7.05. The summed E-state index contributed by atoms with van der Waals surface area (Å²) in [5.74, 6) is 0.866. The van der Waals surface area contributed by atoms with Crippen molar-refractivity contribution in [3.8, 4) is 0 Å². The predicted octanol–water partition coefficient (Wildman–Crippen LogP) is 3.78. The summed E-state index contributed by atoms with van der Waals surface area (Å²) in [4.78, 5) is 8.53.